The van der Waals surface area contributed by atoms with Crippen LogP contribution < -0.4 is 33.0 Å². The molecule has 276 valence electrons. The Balaban J connectivity index is 1.78. The van der Waals surface area contributed by atoms with Crippen molar-refractivity contribution < 1.29 is 33.5 Å². The number of para-hydroxylation sites is 1. The van der Waals surface area contributed by atoms with Crippen LogP contribution in [-0.4, -0.2) is 92.8 Å². The van der Waals surface area contributed by atoms with Crippen molar-refractivity contribution in [3.8, 4) is 0 Å². The number of fused-ring (bicyclic) bond motifs is 1. The highest BCUT2D eigenvalue weighted by atomic mass is 32.2. The molecule has 3 rings (SSSR count). The molecule has 2 aromatic rings. The monoisotopic (exact) mass is 716 g/mol. The van der Waals surface area contributed by atoms with E-state index in [1.54, 1.807) is 40.8 Å². The largest absolute Gasteiger partial charge is 0.460 e. The number of hydrogen-bond acceptors (Lipinski definition) is 10. The van der Waals surface area contributed by atoms with E-state index in [1.807, 2.05) is 38.1 Å². The molecule has 1 fully saturated rings. The van der Waals surface area contributed by atoms with Crippen molar-refractivity contribution in [3.63, 3.8) is 0 Å². The summed E-state index contributed by atoms with van der Waals surface area (Å²) in [6.45, 7) is 12.3. The summed E-state index contributed by atoms with van der Waals surface area (Å²) in [5.74, 6) is 1.54. The van der Waals surface area contributed by atoms with Gasteiger partial charge in [-0.15, -0.1) is 11.8 Å². The fourth-order valence-corrected chi connectivity index (χ4v) is 6.75. The number of carbonyl (C=O) groups excluding carboxylic acids is 6. The lowest BCUT2D eigenvalue weighted by Crippen LogP contribution is -2.60. The van der Waals surface area contributed by atoms with E-state index in [-0.39, 0.29) is 29.9 Å². The summed E-state index contributed by atoms with van der Waals surface area (Å²) in [7, 11) is 0. The van der Waals surface area contributed by atoms with Crippen LogP contribution in [0.2, 0.25) is 0 Å². The van der Waals surface area contributed by atoms with Crippen molar-refractivity contribution in [3.05, 3.63) is 36.0 Å². The minimum absolute atomic E-state index is 0.0666. The van der Waals surface area contributed by atoms with Gasteiger partial charge in [0.05, 0.1) is 18.3 Å². The zero-order valence-electron chi connectivity index (χ0n) is 29.8. The molecule has 0 spiro atoms. The predicted octanol–water partition coefficient (Wildman–Crippen LogP) is 0.817. The van der Waals surface area contributed by atoms with Gasteiger partial charge in [0.1, 0.15) is 29.8 Å². The number of H-pyrrole nitrogens is 1. The Morgan fingerprint density at radius 1 is 0.980 bits per heavy atom. The molecule has 1 aromatic carbocycles. The van der Waals surface area contributed by atoms with Crippen molar-refractivity contribution in [2.45, 2.75) is 104 Å². The summed E-state index contributed by atoms with van der Waals surface area (Å²) in [5, 5.41) is 8.98. The van der Waals surface area contributed by atoms with E-state index in [4.69, 9.17) is 16.3 Å². The van der Waals surface area contributed by atoms with E-state index < -0.39 is 77.7 Å². The van der Waals surface area contributed by atoms with Crippen LogP contribution in [0.3, 0.4) is 0 Å². The first-order valence-electron chi connectivity index (χ1n) is 16.7. The molecule has 0 aliphatic carbocycles. The van der Waals surface area contributed by atoms with Crippen molar-refractivity contribution in [1.82, 2.24) is 31.3 Å². The highest BCUT2D eigenvalue weighted by molar-refractivity contribution is 7.99. The molecule has 1 aromatic heterocycles. The van der Waals surface area contributed by atoms with Crippen LogP contribution in [0.25, 0.3) is 10.9 Å². The Morgan fingerprint density at radius 3 is 2.26 bits per heavy atom. The normalized spacial score (nSPS) is 17.2. The van der Waals surface area contributed by atoms with Crippen molar-refractivity contribution in [2.24, 2.45) is 23.4 Å². The molecular formula is C34H52N8O7S. The zero-order valence-corrected chi connectivity index (χ0v) is 30.6. The van der Waals surface area contributed by atoms with Gasteiger partial charge >= 0.3 is 5.97 Å². The van der Waals surface area contributed by atoms with Gasteiger partial charge in [-0.3, -0.25) is 34.2 Å². The molecule has 9 N–H and O–H groups in total. The van der Waals surface area contributed by atoms with Gasteiger partial charge in [-0.1, -0.05) is 45.9 Å². The number of ether oxygens (including phenoxy) is 1. The van der Waals surface area contributed by atoms with Gasteiger partial charge in [0.25, 0.3) is 5.91 Å². The standard InChI is InChI=1S/C34H52N8O7S/c1-18(2)12-24(30(45)41-36)38-32(47)28(19(3)4)40-31(46)26-16-50-17-42(26)33(48)25(14-27(43)49-34(5,6)7)39-29(44)22(35)13-20-15-37-23-11-9-8-10-21(20)23/h8-11,15,18-19,22,24-26,28,37H,12-14,16-17,35-36H2,1-7H3,(H,38,47)(H,39,44)(H,40,46)(H,41,45)/t22-,24+,25-,26+,28-/m1/s1. The SMILES string of the molecule is CC(C)C[C@H](NC(=O)[C@H](NC(=O)[C@@H]1CSCN1C(=O)[C@@H](CC(=O)OC(C)(C)C)NC(=O)[C@H](N)Cc1c[nH]c2ccccc12)C(C)C)C(=O)NN. The van der Waals surface area contributed by atoms with Crippen LogP contribution in [0.4, 0.5) is 0 Å². The number of esters is 1. The van der Waals surface area contributed by atoms with Crippen LogP contribution >= 0.6 is 11.8 Å². The van der Waals surface area contributed by atoms with E-state index in [9.17, 15) is 28.8 Å². The summed E-state index contributed by atoms with van der Waals surface area (Å²) in [5.41, 5.74) is 9.22. The topological polar surface area (TPSA) is 231 Å². The maximum atomic E-state index is 14.0. The van der Waals surface area contributed by atoms with Gasteiger partial charge in [-0.05, 0) is 57.1 Å². The average molecular weight is 717 g/mol. The molecule has 0 unspecified atom stereocenters. The van der Waals surface area contributed by atoms with Crippen LogP contribution in [0.1, 0.15) is 66.9 Å². The van der Waals surface area contributed by atoms with Crippen LogP contribution in [0.15, 0.2) is 30.5 Å². The highest BCUT2D eigenvalue weighted by Crippen LogP contribution is 2.24. The number of rotatable bonds is 15. The lowest BCUT2D eigenvalue weighted by Gasteiger charge is -2.31. The number of hydrogen-bond donors (Lipinski definition) is 7. The second kappa shape index (κ2) is 17.7. The van der Waals surface area contributed by atoms with Gasteiger partial charge in [-0.2, -0.15) is 0 Å². The number of aromatic amines is 1. The van der Waals surface area contributed by atoms with Crippen LogP contribution in [0.5, 0.6) is 0 Å². The number of hydrazine groups is 1. The van der Waals surface area contributed by atoms with E-state index in [0.717, 1.165) is 16.5 Å². The molecule has 1 aliphatic rings. The molecule has 0 radical (unpaired) electrons. The molecule has 1 saturated heterocycles. The predicted molar refractivity (Wildman–Crippen MR) is 191 cm³/mol. The number of benzene rings is 1. The van der Waals surface area contributed by atoms with E-state index in [0.29, 0.717) is 6.42 Å². The molecule has 2 heterocycles. The van der Waals surface area contributed by atoms with Crippen molar-refractivity contribution in [2.75, 3.05) is 11.6 Å². The Labute approximate surface area is 297 Å². The van der Waals surface area contributed by atoms with Gasteiger partial charge < -0.3 is 36.3 Å². The zero-order chi connectivity index (χ0) is 37.3. The summed E-state index contributed by atoms with van der Waals surface area (Å²) in [6.07, 6.45) is 1.77. The fourth-order valence-electron chi connectivity index (χ4n) is 5.59. The number of thioether (sulfide) groups is 1. The third-order valence-corrected chi connectivity index (χ3v) is 9.07. The second-order valence-electron chi connectivity index (χ2n) is 14.3. The second-order valence-corrected chi connectivity index (χ2v) is 15.3. The van der Waals surface area contributed by atoms with Crippen molar-refractivity contribution >= 4 is 58.2 Å². The Bertz CT molecular complexity index is 1540. The summed E-state index contributed by atoms with van der Waals surface area (Å²) < 4.78 is 5.45. The highest BCUT2D eigenvalue weighted by Gasteiger charge is 2.41. The average Bonchev–Trinajstić information content (AvgIpc) is 3.68. The smallest absolute Gasteiger partial charge is 0.308 e. The lowest BCUT2D eigenvalue weighted by atomic mass is 9.99. The van der Waals surface area contributed by atoms with E-state index in [1.165, 1.54) is 16.7 Å². The maximum absolute atomic E-state index is 14.0. The van der Waals surface area contributed by atoms with Crippen LogP contribution in [-0.2, 0) is 39.9 Å². The van der Waals surface area contributed by atoms with Crippen LogP contribution in [0, 0.1) is 11.8 Å². The molecule has 15 nitrogen and oxygen atoms in total. The summed E-state index contributed by atoms with van der Waals surface area (Å²) in [4.78, 5) is 84.2. The number of nitrogens with one attached hydrogen (secondary N) is 5. The molecular weight excluding hydrogens is 664 g/mol. The maximum Gasteiger partial charge on any atom is 0.308 e. The molecule has 16 heteroatoms. The summed E-state index contributed by atoms with van der Waals surface area (Å²) in [6, 6.07) is 2.18. The minimum Gasteiger partial charge on any atom is -0.460 e. The van der Waals surface area contributed by atoms with E-state index >= 15 is 0 Å². The minimum atomic E-state index is -1.38. The number of nitrogens with two attached hydrogens (primary N) is 2. The molecule has 0 saturated carbocycles. The first-order valence-corrected chi connectivity index (χ1v) is 17.9. The summed E-state index contributed by atoms with van der Waals surface area (Å²) >= 11 is 1.31. The number of amides is 5. The first-order chi connectivity index (χ1) is 23.4. The van der Waals surface area contributed by atoms with Gasteiger partial charge in [0.15, 0.2) is 0 Å². The number of carbonyl (C=O) groups is 6. The molecule has 0 bridgehead atoms. The Morgan fingerprint density at radius 2 is 1.64 bits per heavy atom. The Kier molecular flexibility index (Phi) is 14.2. The first kappa shape index (κ1) is 40.3. The fraction of sp³-hybridized carbons (Fsp3) is 0.588. The van der Waals surface area contributed by atoms with Gasteiger partial charge in [0.2, 0.25) is 23.6 Å². The quantitative estimate of drug-likeness (QED) is 0.0594. The van der Waals surface area contributed by atoms with Gasteiger partial charge in [-0.25, -0.2) is 5.84 Å². The van der Waals surface area contributed by atoms with E-state index in [2.05, 4.69) is 26.4 Å². The van der Waals surface area contributed by atoms with Gasteiger partial charge in [0, 0.05) is 22.9 Å². The molecule has 5 amide bonds. The lowest BCUT2D eigenvalue weighted by molar-refractivity contribution is -0.157. The molecule has 50 heavy (non-hydrogen) atoms. The van der Waals surface area contributed by atoms with Crippen molar-refractivity contribution in [1.29, 1.82) is 0 Å². The third-order valence-electron chi connectivity index (χ3n) is 8.05. The third kappa shape index (κ3) is 11.2. The molecule has 5 atom stereocenters. The molecule has 1 aliphatic heterocycles. The Hall–Kier alpha value is -4.15. The number of nitrogens with zero attached hydrogens (tertiary/aromatic N) is 1. The number of aromatic nitrogens is 1.